The summed E-state index contributed by atoms with van der Waals surface area (Å²) in [5.74, 6) is 1.38. The third kappa shape index (κ3) is 7.03. The minimum Gasteiger partial charge on any atom is -0.490 e. The standard InChI is InChI=1S/C23H20Cl6N2O3/c1-13-21(14-4-5-16(24)17(25)10-14)31(2)30-23(13)34-8-3-7-33-22-18(26)11-15(12-19(22)27)32-9-6-20(28)29/h4-6,10-12H,3,7-9H2,1-2H3. The van der Waals surface area contributed by atoms with Crippen molar-refractivity contribution < 1.29 is 14.2 Å². The van der Waals surface area contributed by atoms with Gasteiger partial charge in [0.2, 0.25) is 5.88 Å². The van der Waals surface area contributed by atoms with Crippen LogP contribution in [-0.2, 0) is 7.05 Å². The van der Waals surface area contributed by atoms with Gasteiger partial charge in [-0.2, -0.15) is 0 Å². The summed E-state index contributed by atoms with van der Waals surface area (Å²) in [5.41, 5.74) is 2.70. The summed E-state index contributed by atoms with van der Waals surface area (Å²) >= 11 is 35.9. The number of benzene rings is 2. The Hall–Kier alpha value is -1.47. The highest BCUT2D eigenvalue weighted by atomic mass is 35.5. The van der Waals surface area contributed by atoms with Crippen LogP contribution in [0.5, 0.6) is 17.4 Å². The first-order chi connectivity index (χ1) is 16.2. The number of ether oxygens (including phenoxy) is 3. The molecule has 3 rings (SSSR count). The summed E-state index contributed by atoms with van der Waals surface area (Å²) in [6.07, 6.45) is 2.09. The number of aryl methyl sites for hydroxylation is 1. The molecule has 0 saturated heterocycles. The molecule has 0 bridgehead atoms. The third-order valence-corrected chi connectivity index (χ3v) is 6.28. The second-order valence-corrected chi connectivity index (χ2v) is 9.74. The van der Waals surface area contributed by atoms with Crippen molar-refractivity contribution in [3.63, 3.8) is 0 Å². The molecule has 5 nitrogen and oxygen atoms in total. The summed E-state index contributed by atoms with van der Waals surface area (Å²) in [4.78, 5) is 0. The highest BCUT2D eigenvalue weighted by Gasteiger charge is 2.16. The quantitative estimate of drug-likeness (QED) is 0.224. The lowest BCUT2D eigenvalue weighted by molar-refractivity contribution is 0.240. The van der Waals surface area contributed by atoms with Gasteiger partial charge in [-0.3, -0.25) is 4.68 Å². The summed E-state index contributed by atoms with van der Waals surface area (Å²) in [5, 5.41) is 6.11. The average molecular weight is 585 g/mol. The van der Waals surface area contributed by atoms with Crippen LogP contribution in [0, 0.1) is 6.92 Å². The molecule has 0 aliphatic heterocycles. The van der Waals surface area contributed by atoms with Gasteiger partial charge in [-0.05, 0) is 25.1 Å². The Morgan fingerprint density at radius 3 is 2.24 bits per heavy atom. The molecular weight excluding hydrogens is 565 g/mol. The van der Waals surface area contributed by atoms with E-state index in [2.05, 4.69) is 5.10 Å². The molecule has 0 aliphatic carbocycles. The minimum atomic E-state index is 0.117. The van der Waals surface area contributed by atoms with Gasteiger partial charge in [-0.15, -0.1) is 5.10 Å². The first-order valence-electron chi connectivity index (χ1n) is 10.0. The lowest BCUT2D eigenvalue weighted by Crippen LogP contribution is -2.06. The van der Waals surface area contributed by atoms with Crippen molar-refractivity contribution in [1.29, 1.82) is 0 Å². The molecule has 3 aromatic rings. The van der Waals surface area contributed by atoms with E-state index in [1.165, 1.54) is 6.08 Å². The van der Waals surface area contributed by atoms with Crippen molar-refractivity contribution >= 4 is 69.6 Å². The number of rotatable bonds is 10. The van der Waals surface area contributed by atoms with E-state index in [1.807, 2.05) is 20.0 Å². The molecule has 11 heteroatoms. The Bertz CT molecular complexity index is 1170. The number of hydrogen-bond donors (Lipinski definition) is 0. The monoisotopic (exact) mass is 582 g/mol. The van der Waals surface area contributed by atoms with Crippen LogP contribution in [0.25, 0.3) is 11.3 Å². The van der Waals surface area contributed by atoms with Crippen LogP contribution in [0.3, 0.4) is 0 Å². The third-order valence-electron chi connectivity index (χ3n) is 4.67. The van der Waals surface area contributed by atoms with Crippen molar-refractivity contribution in [2.45, 2.75) is 13.3 Å². The summed E-state index contributed by atoms with van der Waals surface area (Å²) in [6.45, 7) is 2.86. The first kappa shape index (κ1) is 27.1. The zero-order chi connectivity index (χ0) is 24.8. The molecule has 0 fully saturated rings. The predicted molar refractivity (Wildman–Crippen MR) is 141 cm³/mol. The fourth-order valence-corrected chi connectivity index (χ4v) is 4.15. The van der Waals surface area contributed by atoms with E-state index in [9.17, 15) is 0 Å². The van der Waals surface area contributed by atoms with Crippen molar-refractivity contribution in [3.05, 3.63) is 66.6 Å². The Labute approximate surface area is 228 Å². The van der Waals surface area contributed by atoms with Crippen LogP contribution in [0.2, 0.25) is 20.1 Å². The van der Waals surface area contributed by atoms with E-state index in [1.54, 1.807) is 28.9 Å². The van der Waals surface area contributed by atoms with Gasteiger partial charge in [0.25, 0.3) is 0 Å². The molecule has 1 heterocycles. The van der Waals surface area contributed by atoms with Gasteiger partial charge >= 0.3 is 0 Å². The second kappa shape index (κ2) is 12.5. The Kier molecular flexibility index (Phi) is 9.95. The van der Waals surface area contributed by atoms with Gasteiger partial charge in [0, 0.05) is 36.7 Å². The molecule has 1 aromatic heterocycles. The smallest absolute Gasteiger partial charge is 0.236 e. The maximum Gasteiger partial charge on any atom is 0.236 e. The van der Waals surface area contributed by atoms with Crippen molar-refractivity contribution in [1.82, 2.24) is 9.78 Å². The van der Waals surface area contributed by atoms with Crippen LogP contribution in [0.4, 0.5) is 0 Å². The fourth-order valence-electron chi connectivity index (χ4n) is 3.15. The Balaban J connectivity index is 1.54. The predicted octanol–water partition coefficient (Wildman–Crippen LogP) is 8.55. The van der Waals surface area contributed by atoms with Crippen LogP contribution in [0.1, 0.15) is 12.0 Å². The number of hydrogen-bond acceptors (Lipinski definition) is 4. The lowest BCUT2D eigenvalue weighted by atomic mass is 10.1. The molecule has 0 unspecified atom stereocenters. The molecule has 182 valence electrons. The topological polar surface area (TPSA) is 45.5 Å². The van der Waals surface area contributed by atoms with Gasteiger partial charge in [-0.25, -0.2) is 0 Å². The maximum atomic E-state index is 6.29. The lowest BCUT2D eigenvalue weighted by Gasteiger charge is -2.12. The van der Waals surface area contributed by atoms with Crippen molar-refractivity contribution in [2.24, 2.45) is 7.05 Å². The van der Waals surface area contributed by atoms with Crippen LogP contribution in [-0.4, -0.2) is 29.6 Å². The highest BCUT2D eigenvalue weighted by molar-refractivity contribution is 6.55. The number of aromatic nitrogens is 2. The summed E-state index contributed by atoms with van der Waals surface area (Å²) in [6, 6.07) is 8.67. The van der Waals surface area contributed by atoms with Crippen LogP contribution < -0.4 is 14.2 Å². The molecule has 0 saturated carbocycles. The van der Waals surface area contributed by atoms with E-state index in [0.29, 0.717) is 57.1 Å². The number of nitrogens with zero attached hydrogens (tertiary/aromatic N) is 2. The Morgan fingerprint density at radius 2 is 1.59 bits per heavy atom. The van der Waals surface area contributed by atoms with Gasteiger partial charge in [0.15, 0.2) is 5.75 Å². The molecule has 0 amide bonds. The summed E-state index contributed by atoms with van der Waals surface area (Å²) < 4.78 is 19.0. The molecule has 34 heavy (non-hydrogen) atoms. The normalized spacial score (nSPS) is 10.8. The van der Waals surface area contributed by atoms with Crippen molar-refractivity contribution in [3.8, 4) is 28.6 Å². The molecule has 0 radical (unpaired) electrons. The fraction of sp³-hybridized carbons (Fsp3) is 0.261. The van der Waals surface area contributed by atoms with Gasteiger partial charge < -0.3 is 14.2 Å². The average Bonchev–Trinajstić information content (AvgIpc) is 3.04. The van der Waals surface area contributed by atoms with Gasteiger partial charge in [0.05, 0.1) is 39.0 Å². The first-order valence-corrected chi connectivity index (χ1v) is 12.3. The summed E-state index contributed by atoms with van der Waals surface area (Å²) in [7, 11) is 1.85. The van der Waals surface area contributed by atoms with Gasteiger partial charge in [0.1, 0.15) is 16.8 Å². The minimum absolute atomic E-state index is 0.117. The molecule has 0 atom stereocenters. The second-order valence-electron chi connectivity index (χ2n) is 7.10. The zero-order valence-corrected chi connectivity index (χ0v) is 22.7. The van der Waals surface area contributed by atoms with E-state index in [4.69, 9.17) is 83.8 Å². The van der Waals surface area contributed by atoms with Gasteiger partial charge in [-0.1, -0.05) is 75.7 Å². The van der Waals surface area contributed by atoms with Crippen molar-refractivity contribution in [2.75, 3.05) is 19.8 Å². The zero-order valence-electron chi connectivity index (χ0n) is 18.2. The van der Waals surface area contributed by atoms with Crippen LogP contribution >= 0.6 is 69.6 Å². The van der Waals surface area contributed by atoms with E-state index >= 15 is 0 Å². The molecule has 0 N–H and O–H groups in total. The molecular formula is C23H20Cl6N2O3. The number of halogens is 6. The van der Waals surface area contributed by atoms with E-state index in [-0.39, 0.29) is 11.1 Å². The van der Waals surface area contributed by atoms with E-state index in [0.717, 1.165) is 16.8 Å². The molecule has 2 aromatic carbocycles. The van der Waals surface area contributed by atoms with Crippen LogP contribution in [0.15, 0.2) is 40.9 Å². The maximum absolute atomic E-state index is 6.29. The molecule has 0 spiro atoms. The highest BCUT2D eigenvalue weighted by Crippen LogP contribution is 2.37. The molecule has 0 aliphatic rings. The Morgan fingerprint density at radius 1 is 0.912 bits per heavy atom. The SMILES string of the molecule is Cc1c(OCCCOc2c(Cl)cc(OCC=C(Cl)Cl)cc2Cl)nn(C)c1-c1ccc(Cl)c(Cl)c1. The largest absolute Gasteiger partial charge is 0.490 e. The van der Waals surface area contributed by atoms with E-state index < -0.39 is 0 Å².